The number of aryl methyl sites for hydroxylation is 2. The molecule has 2 N–H and O–H groups in total. The molecule has 3 aromatic rings. The van der Waals surface area contributed by atoms with Crippen LogP contribution in [0, 0.1) is 0 Å². The lowest BCUT2D eigenvalue weighted by atomic mass is 10.0. The Morgan fingerprint density at radius 3 is 1.25 bits per heavy atom. The lowest BCUT2D eigenvalue weighted by molar-refractivity contribution is -0.123. The predicted octanol–water partition coefficient (Wildman–Crippen LogP) is 5.91. The molecule has 2 amide bonds. The van der Waals surface area contributed by atoms with Crippen molar-refractivity contribution in [3.8, 4) is 0 Å². The second kappa shape index (κ2) is 19.1. The van der Waals surface area contributed by atoms with Crippen molar-refractivity contribution in [1.82, 2.24) is 10.6 Å². The molecule has 0 saturated carbocycles. The van der Waals surface area contributed by atoms with E-state index in [4.69, 9.17) is 0 Å². The van der Waals surface area contributed by atoms with Crippen molar-refractivity contribution in [2.45, 2.75) is 78.3 Å². The van der Waals surface area contributed by atoms with Crippen LogP contribution in [0.15, 0.2) is 84.9 Å². The highest BCUT2D eigenvalue weighted by atomic mass is 16.2. The van der Waals surface area contributed by atoms with Crippen molar-refractivity contribution in [1.29, 1.82) is 0 Å². The zero-order valence-electron chi connectivity index (χ0n) is 23.8. The molecule has 0 aromatic heterocycles. The SMILES string of the molecule is CC(=O)CCc1cccc(CCC(C)=O)c1.O=C(CCCCC(=O)NCc1ccccc1)NCc1ccccc1. The molecule has 0 unspecified atom stereocenters. The Kier molecular flexibility index (Phi) is 15.3. The zero-order valence-corrected chi connectivity index (χ0v) is 23.8. The van der Waals surface area contributed by atoms with Gasteiger partial charge >= 0.3 is 0 Å². The minimum Gasteiger partial charge on any atom is -0.352 e. The fourth-order valence-corrected chi connectivity index (χ4v) is 3.92. The molecule has 0 atom stereocenters. The summed E-state index contributed by atoms with van der Waals surface area (Å²) in [7, 11) is 0. The number of rotatable bonds is 15. The number of benzene rings is 3. The zero-order chi connectivity index (χ0) is 29.0. The van der Waals surface area contributed by atoms with E-state index in [1.807, 2.05) is 78.9 Å². The first kappa shape index (κ1) is 32.2. The molecule has 0 radical (unpaired) electrons. The molecular weight excluding hydrogens is 500 g/mol. The first-order valence-electron chi connectivity index (χ1n) is 14.0. The van der Waals surface area contributed by atoms with Crippen molar-refractivity contribution in [3.05, 3.63) is 107 Å². The van der Waals surface area contributed by atoms with E-state index in [9.17, 15) is 19.2 Å². The Morgan fingerprint density at radius 2 is 0.875 bits per heavy atom. The third-order valence-corrected chi connectivity index (χ3v) is 6.25. The Hall–Kier alpha value is -4.06. The Bertz CT molecular complexity index is 1100. The molecule has 3 aromatic carbocycles. The van der Waals surface area contributed by atoms with E-state index < -0.39 is 0 Å². The Balaban J connectivity index is 0.000000305. The molecule has 0 aliphatic rings. The first-order valence-corrected chi connectivity index (χ1v) is 14.0. The highest BCUT2D eigenvalue weighted by Gasteiger charge is 2.05. The summed E-state index contributed by atoms with van der Waals surface area (Å²) in [4.78, 5) is 45.3. The normalized spacial score (nSPS) is 10.2. The van der Waals surface area contributed by atoms with Gasteiger partial charge < -0.3 is 20.2 Å². The summed E-state index contributed by atoms with van der Waals surface area (Å²) in [5.74, 6) is 0.496. The molecule has 3 rings (SSSR count). The second-order valence-electron chi connectivity index (χ2n) is 9.96. The number of ketones is 2. The standard InChI is InChI=1S/C20H24N2O2.C14H18O2/c23-19(21-15-17-9-3-1-4-10-17)13-7-8-14-20(24)22-16-18-11-5-2-6-12-18;1-11(15)6-8-13-4-3-5-14(10-13)9-7-12(2)16/h1-6,9-12H,7-8,13-16H2,(H,21,23)(H,22,24);3-5,10H,6-9H2,1-2H3. The summed E-state index contributed by atoms with van der Waals surface area (Å²) in [5, 5.41) is 5.79. The molecule has 0 spiro atoms. The Labute approximate surface area is 238 Å². The number of hydrogen-bond acceptors (Lipinski definition) is 4. The van der Waals surface area contributed by atoms with E-state index in [0.717, 1.165) is 36.8 Å². The van der Waals surface area contributed by atoms with Gasteiger partial charge in [-0.15, -0.1) is 0 Å². The molecule has 0 bridgehead atoms. The summed E-state index contributed by atoms with van der Waals surface area (Å²) in [6.45, 7) is 4.33. The summed E-state index contributed by atoms with van der Waals surface area (Å²) in [6.07, 6.45) is 5.13. The first-order chi connectivity index (χ1) is 19.3. The molecule has 0 aliphatic carbocycles. The van der Waals surface area contributed by atoms with Gasteiger partial charge in [0.15, 0.2) is 0 Å². The largest absolute Gasteiger partial charge is 0.352 e. The van der Waals surface area contributed by atoms with Gasteiger partial charge in [-0.1, -0.05) is 84.9 Å². The van der Waals surface area contributed by atoms with E-state index in [0.29, 0.717) is 38.8 Å². The highest BCUT2D eigenvalue weighted by molar-refractivity contribution is 5.77. The van der Waals surface area contributed by atoms with E-state index in [2.05, 4.69) is 16.7 Å². The molecule has 212 valence electrons. The molecular formula is C34H42N2O4. The van der Waals surface area contributed by atoms with Gasteiger partial charge in [-0.2, -0.15) is 0 Å². The predicted molar refractivity (Wildman–Crippen MR) is 159 cm³/mol. The van der Waals surface area contributed by atoms with Crippen LogP contribution in [0.1, 0.15) is 74.6 Å². The van der Waals surface area contributed by atoms with Gasteiger partial charge in [0.05, 0.1) is 0 Å². The van der Waals surface area contributed by atoms with Gasteiger partial charge in [-0.3, -0.25) is 9.59 Å². The topological polar surface area (TPSA) is 92.3 Å². The molecule has 0 aliphatic heterocycles. The molecule has 0 heterocycles. The number of Topliss-reactive ketones (excluding diaryl/α,β-unsaturated/α-hetero) is 2. The van der Waals surface area contributed by atoms with Crippen LogP contribution in [0.2, 0.25) is 0 Å². The maximum Gasteiger partial charge on any atom is 0.220 e. The average molecular weight is 543 g/mol. The van der Waals surface area contributed by atoms with Gasteiger partial charge in [-0.05, 0) is 61.8 Å². The average Bonchev–Trinajstić information content (AvgIpc) is 2.97. The van der Waals surface area contributed by atoms with E-state index in [1.165, 1.54) is 11.1 Å². The number of amides is 2. The van der Waals surface area contributed by atoms with Crippen LogP contribution >= 0.6 is 0 Å². The smallest absolute Gasteiger partial charge is 0.220 e. The van der Waals surface area contributed by atoms with Gasteiger partial charge in [-0.25, -0.2) is 0 Å². The number of unbranched alkanes of at least 4 members (excludes halogenated alkanes) is 1. The summed E-state index contributed by atoms with van der Waals surface area (Å²) in [5.41, 5.74) is 4.53. The maximum absolute atomic E-state index is 11.8. The van der Waals surface area contributed by atoms with Crippen molar-refractivity contribution in [3.63, 3.8) is 0 Å². The van der Waals surface area contributed by atoms with Crippen molar-refractivity contribution in [2.75, 3.05) is 0 Å². The summed E-state index contributed by atoms with van der Waals surface area (Å²) in [6, 6.07) is 27.8. The fraction of sp³-hybridized carbons (Fsp3) is 0.353. The number of carbonyl (C=O) groups excluding carboxylic acids is 4. The van der Waals surface area contributed by atoms with Gasteiger partial charge in [0, 0.05) is 38.8 Å². The van der Waals surface area contributed by atoms with Crippen LogP contribution in [0.5, 0.6) is 0 Å². The van der Waals surface area contributed by atoms with Crippen molar-refractivity contribution >= 4 is 23.4 Å². The fourth-order valence-electron chi connectivity index (χ4n) is 3.92. The van der Waals surface area contributed by atoms with Crippen LogP contribution in [0.25, 0.3) is 0 Å². The number of carbonyl (C=O) groups is 4. The van der Waals surface area contributed by atoms with Gasteiger partial charge in [0.2, 0.25) is 11.8 Å². The monoisotopic (exact) mass is 542 g/mol. The van der Waals surface area contributed by atoms with Crippen LogP contribution in [0.4, 0.5) is 0 Å². The minimum atomic E-state index is 0.0311. The molecule has 6 heteroatoms. The van der Waals surface area contributed by atoms with Crippen LogP contribution in [0.3, 0.4) is 0 Å². The molecule has 0 saturated heterocycles. The quantitative estimate of drug-likeness (QED) is 0.234. The van der Waals surface area contributed by atoms with E-state index in [1.54, 1.807) is 13.8 Å². The lowest BCUT2D eigenvalue weighted by Gasteiger charge is -2.06. The molecule has 6 nitrogen and oxygen atoms in total. The minimum absolute atomic E-state index is 0.0311. The Morgan fingerprint density at radius 1 is 0.500 bits per heavy atom. The summed E-state index contributed by atoms with van der Waals surface area (Å²) >= 11 is 0. The maximum atomic E-state index is 11.8. The van der Waals surface area contributed by atoms with Crippen LogP contribution in [-0.2, 0) is 45.1 Å². The highest BCUT2D eigenvalue weighted by Crippen LogP contribution is 2.10. The lowest BCUT2D eigenvalue weighted by Crippen LogP contribution is -2.23. The third-order valence-electron chi connectivity index (χ3n) is 6.25. The van der Waals surface area contributed by atoms with Crippen LogP contribution in [-0.4, -0.2) is 23.4 Å². The number of hydrogen-bond donors (Lipinski definition) is 2. The second-order valence-corrected chi connectivity index (χ2v) is 9.96. The third kappa shape index (κ3) is 15.4. The molecule has 40 heavy (non-hydrogen) atoms. The molecule has 0 fully saturated rings. The van der Waals surface area contributed by atoms with Crippen molar-refractivity contribution < 1.29 is 19.2 Å². The van der Waals surface area contributed by atoms with Crippen LogP contribution < -0.4 is 10.6 Å². The summed E-state index contributed by atoms with van der Waals surface area (Å²) < 4.78 is 0. The van der Waals surface area contributed by atoms with Gasteiger partial charge in [0.1, 0.15) is 11.6 Å². The van der Waals surface area contributed by atoms with E-state index >= 15 is 0 Å². The van der Waals surface area contributed by atoms with Gasteiger partial charge in [0.25, 0.3) is 0 Å². The van der Waals surface area contributed by atoms with Crippen molar-refractivity contribution in [2.24, 2.45) is 0 Å². The van der Waals surface area contributed by atoms with E-state index in [-0.39, 0.29) is 23.4 Å². The number of nitrogens with one attached hydrogen (secondary N) is 2.